The van der Waals surface area contributed by atoms with Crippen molar-refractivity contribution in [1.82, 2.24) is 4.31 Å². The number of anilines is 1. The third-order valence-corrected chi connectivity index (χ3v) is 6.19. The predicted molar refractivity (Wildman–Crippen MR) is 111 cm³/mol. The molecule has 0 heterocycles. The molecular formula is C20H28N3O5S+. The van der Waals surface area contributed by atoms with E-state index >= 15 is 0 Å². The molecule has 29 heavy (non-hydrogen) atoms. The number of rotatable bonds is 9. The van der Waals surface area contributed by atoms with Crippen molar-refractivity contribution in [3.63, 3.8) is 0 Å². The van der Waals surface area contributed by atoms with Crippen LogP contribution < -0.4 is 19.7 Å². The number of hydrogen-bond donors (Lipinski definition) is 2. The van der Waals surface area contributed by atoms with E-state index in [0.717, 1.165) is 14.8 Å². The van der Waals surface area contributed by atoms with Crippen LogP contribution in [0.2, 0.25) is 0 Å². The Balaban J connectivity index is 1.99. The number of carbonyl (C=O) groups is 1. The first-order chi connectivity index (χ1) is 13.7. The molecule has 0 radical (unpaired) electrons. The molecule has 1 amide bonds. The Hall–Kier alpha value is -2.62. The van der Waals surface area contributed by atoms with E-state index in [-0.39, 0.29) is 17.3 Å². The molecule has 0 saturated heterocycles. The maximum Gasteiger partial charge on any atom is 0.279 e. The van der Waals surface area contributed by atoms with Gasteiger partial charge in [-0.05, 0) is 36.4 Å². The van der Waals surface area contributed by atoms with Crippen molar-refractivity contribution >= 4 is 21.6 Å². The lowest BCUT2D eigenvalue weighted by Crippen LogP contribution is -3.08. The van der Waals surface area contributed by atoms with Crippen molar-refractivity contribution in [2.45, 2.75) is 11.4 Å². The molecule has 2 aromatic carbocycles. The van der Waals surface area contributed by atoms with E-state index < -0.39 is 10.0 Å². The van der Waals surface area contributed by atoms with Gasteiger partial charge in [0.2, 0.25) is 10.0 Å². The molecule has 0 fully saturated rings. The van der Waals surface area contributed by atoms with Gasteiger partial charge in [-0.15, -0.1) is 0 Å². The van der Waals surface area contributed by atoms with E-state index in [0.29, 0.717) is 23.7 Å². The molecule has 8 nitrogen and oxygen atoms in total. The Morgan fingerprint density at radius 2 is 1.72 bits per heavy atom. The van der Waals surface area contributed by atoms with Crippen molar-refractivity contribution in [2.24, 2.45) is 0 Å². The normalized spacial score (nSPS) is 12.5. The second-order valence-corrected chi connectivity index (χ2v) is 8.98. The van der Waals surface area contributed by atoms with Gasteiger partial charge in [0.15, 0.2) is 18.0 Å². The molecule has 2 rings (SSSR count). The molecule has 0 aromatic heterocycles. The molecule has 0 aliphatic rings. The van der Waals surface area contributed by atoms with Crippen LogP contribution in [0.25, 0.3) is 0 Å². The van der Waals surface area contributed by atoms with Crippen LogP contribution in [0.15, 0.2) is 47.4 Å². The summed E-state index contributed by atoms with van der Waals surface area (Å²) < 4.78 is 36.1. The minimum absolute atomic E-state index is 0.174. The van der Waals surface area contributed by atoms with Gasteiger partial charge in [-0.3, -0.25) is 4.79 Å². The van der Waals surface area contributed by atoms with E-state index in [1.807, 2.05) is 25.2 Å². The second kappa shape index (κ2) is 9.73. The summed E-state index contributed by atoms with van der Waals surface area (Å²) in [5.74, 6) is 1.13. The number of carbonyl (C=O) groups excluding carboxylic acids is 1. The average molecular weight is 423 g/mol. The van der Waals surface area contributed by atoms with Gasteiger partial charge in [-0.25, -0.2) is 12.7 Å². The van der Waals surface area contributed by atoms with Gasteiger partial charge in [0.05, 0.1) is 31.7 Å². The molecule has 2 N–H and O–H groups in total. The van der Waals surface area contributed by atoms with Crippen molar-refractivity contribution in [2.75, 3.05) is 47.2 Å². The van der Waals surface area contributed by atoms with Crippen molar-refractivity contribution in [3.05, 3.63) is 48.0 Å². The summed E-state index contributed by atoms with van der Waals surface area (Å²) in [5, 5.41) is 2.79. The number of amides is 1. The molecule has 0 bridgehead atoms. The minimum atomic E-state index is -3.49. The lowest BCUT2D eigenvalue weighted by Gasteiger charge is -2.17. The summed E-state index contributed by atoms with van der Waals surface area (Å²) >= 11 is 0. The molecule has 2 aromatic rings. The van der Waals surface area contributed by atoms with E-state index in [1.54, 1.807) is 26.4 Å². The summed E-state index contributed by atoms with van der Waals surface area (Å²) in [7, 11) is 4.53. The van der Waals surface area contributed by atoms with Crippen LogP contribution in [0, 0.1) is 0 Å². The Labute approximate surface area is 172 Å². The zero-order valence-electron chi connectivity index (χ0n) is 17.4. The minimum Gasteiger partial charge on any atom is -0.493 e. The maximum atomic E-state index is 12.4. The Bertz CT molecular complexity index is 943. The van der Waals surface area contributed by atoms with Crippen molar-refractivity contribution < 1.29 is 27.6 Å². The number of benzene rings is 2. The predicted octanol–water partition coefficient (Wildman–Crippen LogP) is 0.608. The van der Waals surface area contributed by atoms with Gasteiger partial charge in [-0.2, -0.15) is 0 Å². The summed E-state index contributed by atoms with van der Waals surface area (Å²) in [6.45, 7) is 0.811. The van der Waals surface area contributed by atoms with Crippen LogP contribution >= 0.6 is 0 Å². The number of ether oxygens (including phenoxy) is 2. The number of nitrogens with zero attached hydrogens (tertiary/aromatic N) is 1. The molecule has 158 valence electrons. The van der Waals surface area contributed by atoms with Crippen molar-refractivity contribution in [3.8, 4) is 11.5 Å². The fraction of sp³-hybridized carbons (Fsp3) is 0.350. The Morgan fingerprint density at radius 3 is 2.28 bits per heavy atom. The molecule has 0 spiro atoms. The van der Waals surface area contributed by atoms with Crippen LogP contribution in [-0.4, -0.2) is 60.5 Å². The van der Waals surface area contributed by atoms with Crippen LogP contribution in [0.1, 0.15) is 5.56 Å². The van der Waals surface area contributed by atoms with E-state index in [2.05, 4.69) is 5.32 Å². The van der Waals surface area contributed by atoms with Crippen LogP contribution in [0.4, 0.5) is 5.69 Å². The number of likely N-dealkylation sites (N-methyl/N-ethyl adjacent to an activating group) is 1. The molecule has 0 saturated carbocycles. The zero-order chi connectivity index (χ0) is 21.6. The van der Waals surface area contributed by atoms with Crippen molar-refractivity contribution in [1.29, 1.82) is 0 Å². The lowest BCUT2D eigenvalue weighted by molar-refractivity contribution is -0.885. The van der Waals surface area contributed by atoms with E-state index in [9.17, 15) is 13.2 Å². The van der Waals surface area contributed by atoms with Gasteiger partial charge in [0, 0.05) is 19.8 Å². The number of hydrogen-bond acceptors (Lipinski definition) is 5. The summed E-state index contributed by atoms with van der Waals surface area (Å²) in [5.41, 5.74) is 1.48. The molecular weight excluding hydrogens is 394 g/mol. The molecule has 1 unspecified atom stereocenters. The fourth-order valence-electron chi connectivity index (χ4n) is 2.88. The largest absolute Gasteiger partial charge is 0.493 e. The highest BCUT2D eigenvalue weighted by Crippen LogP contribution is 2.30. The molecule has 0 aliphatic carbocycles. The van der Waals surface area contributed by atoms with Gasteiger partial charge < -0.3 is 19.7 Å². The summed E-state index contributed by atoms with van der Waals surface area (Å²) in [6, 6.07) is 11.7. The topological polar surface area (TPSA) is 89.4 Å². The van der Waals surface area contributed by atoms with Crippen LogP contribution in [0.3, 0.4) is 0 Å². The molecule has 1 atom stereocenters. The number of quaternary nitrogens is 1. The standard InChI is InChI=1S/C20H27N3O5S/c1-22(2)29(25,26)17-11-9-16(10-12-17)21-19(24)14-23(3)13-15-7-6-8-18(27-4)20(15)28-5/h6-12H,13-14H2,1-5H3,(H,21,24)/p+1. The Morgan fingerprint density at radius 1 is 1.07 bits per heavy atom. The van der Waals surface area contributed by atoms with Gasteiger partial charge >= 0.3 is 0 Å². The fourth-order valence-corrected chi connectivity index (χ4v) is 3.78. The smallest absolute Gasteiger partial charge is 0.279 e. The number of sulfonamides is 1. The highest BCUT2D eigenvalue weighted by molar-refractivity contribution is 7.89. The first kappa shape index (κ1) is 22.7. The first-order valence-electron chi connectivity index (χ1n) is 9.02. The number of nitrogens with one attached hydrogen (secondary N) is 2. The third-order valence-electron chi connectivity index (χ3n) is 4.36. The summed E-state index contributed by atoms with van der Waals surface area (Å²) in [4.78, 5) is 13.5. The van der Waals surface area contributed by atoms with Gasteiger partial charge in [-0.1, -0.05) is 6.07 Å². The Kier molecular flexibility index (Phi) is 7.60. The van der Waals surface area contributed by atoms with Crippen LogP contribution in [-0.2, 0) is 21.4 Å². The first-order valence-corrected chi connectivity index (χ1v) is 10.5. The van der Waals surface area contributed by atoms with Gasteiger partial charge in [0.25, 0.3) is 5.91 Å². The van der Waals surface area contributed by atoms with E-state index in [1.165, 1.54) is 26.2 Å². The van der Waals surface area contributed by atoms with E-state index in [4.69, 9.17) is 9.47 Å². The number of para-hydroxylation sites is 1. The third kappa shape index (κ3) is 5.69. The monoisotopic (exact) mass is 422 g/mol. The zero-order valence-corrected chi connectivity index (χ0v) is 18.2. The number of methoxy groups -OCH3 is 2. The highest BCUT2D eigenvalue weighted by Gasteiger charge is 2.18. The molecule has 0 aliphatic heterocycles. The highest BCUT2D eigenvalue weighted by atomic mass is 32.2. The lowest BCUT2D eigenvalue weighted by atomic mass is 10.1. The SMILES string of the molecule is COc1cccc(C[NH+](C)CC(=O)Nc2ccc(S(=O)(=O)N(C)C)cc2)c1OC. The van der Waals surface area contributed by atoms with Gasteiger partial charge in [0.1, 0.15) is 6.54 Å². The maximum absolute atomic E-state index is 12.4. The molecule has 9 heteroatoms. The summed E-state index contributed by atoms with van der Waals surface area (Å²) in [6.07, 6.45) is 0. The van der Waals surface area contributed by atoms with Crippen LogP contribution in [0.5, 0.6) is 11.5 Å². The average Bonchev–Trinajstić information content (AvgIpc) is 2.67. The quantitative estimate of drug-likeness (QED) is 0.618. The second-order valence-electron chi connectivity index (χ2n) is 6.82.